The number of likely N-dealkylation sites (tertiary alicyclic amines) is 1. The third-order valence-corrected chi connectivity index (χ3v) is 4.13. The summed E-state index contributed by atoms with van der Waals surface area (Å²) in [7, 11) is 1.70. The first kappa shape index (κ1) is 15.3. The van der Waals surface area contributed by atoms with Gasteiger partial charge in [-0.05, 0) is 31.4 Å². The van der Waals surface area contributed by atoms with E-state index in [9.17, 15) is 19.7 Å². The zero-order valence-corrected chi connectivity index (χ0v) is 12.7. The molecule has 1 aromatic rings. The van der Waals surface area contributed by atoms with Gasteiger partial charge >= 0.3 is 0 Å². The van der Waals surface area contributed by atoms with Crippen LogP contribution < -0.4 is 10.6 Å². The maximum absolute atomic E-state index is 12.0. The quantitative estimate of drug-likeness (QED) is 0.625. The smallest absolute Gasteiger partial charge is 0.293 e. The first-order valence-electron chi connectivity index (χ1n) is 7.56. The largest absolute Gasteiger partial charge is 0.368 e. The van der Waals surface area contributed by atoms with E-state index < -0.39 is 11.0 Å². The van der Waals surface area contributed by atoms with Gasteiger partial charge in [-0.3, -0.25) is 19.7 Å². The summed E-state index contributed by atoms with van der Waals surface area (Å²) in [5, 5.41) is 17.0. The molecule has 23 heavy (non-hydrogen) atoms. The summed E-state index contributed by atoms with van der Waals surface area (Å²) in [5.41, 5.74) is 0.312. The van der Waals surface area contributed by atoms with Crippen LogP contribution in [0.3, 0.4) is 0 Å². The fourth-order valence-electron chi connectivity index (χ4n) is 2.59. The van der Waals surface area contributed by atoms with Crippen molar-refractivity contribution in [2.24, 2.45) is 0 Å². The number of hydrogen-bond acceptors (Lipinski definition) is 5. The van der Waals surface area contributed by atoms with E-state index in [0.717, 1.165) is 12.8 Å². The van der Waals surface area contributed by atoms with Gasteiger partial charge in [-0.25, -0.2) is 0 Å². The third-order valence-electron chi connectivity index (χ3n) is 4.13. The normalized spacial score (nSPS) is 20.5. The number of carbonyl (C=O) groups is 2. The Kier molecular flexibility index (Phi) is 3.89. The molecule has 8 heteroatoms. The molecule has 0 spiro atoms. The second kappa shape index (κ2) is 5.86. The Hall–Kier alpha value is -2.64. The summed E-state index contributed by atoms with van der Waals surface area (Å²) in [6, 6.07) is 4.00. The number of benzene rings is 1. The maximum Gasteiger partial charge on any atom is 0.293 e. The predicted molar refractivity (Wildman–Crippen MR) is 83.2 cm³/mol. The van der Waals surface area contributed by atoms with Crippen molar-refractivity contribution in [3.8, 4) is 0 Å². The Balaban J connectivity index is 1.80. The van der Waals surface area contributed by atoms with E-state index >= 15 is 0 Å². The predicted octanol–water partition coefficient (Wildman–Crippen LogP) is 1.13. The minimum atomic E-state index is -0.542. The lowest BCUT2D eigenvalue weighted by molar-refractivity contribution is -0.384. The number of anilines is 1. The van der Waals surface area contributed by atoms with Gasteiger partial charge in [0, 0.05) is 31.3 Å². The molecule has 1 aliphatic heterocycles. The van der Waals surface area contributed by atoms with Crippen LogP contribution in [-0.4, -0.2) is 47.3 Å². The Morgan fingerprint density at radius 2 is 2.09 bits per heavy atom. The van der Waals surface area contributed by atoms with Gasteiger partial charge in [0.1, 0.15) is 11.7 Å². The van der Waals surface area contributed by atoms with Gasteiger partial charge in [0.05, 0.1) is 4.92 Å². The molecule has 2 aliphatic rings. The van der Waals surface area contributed by atoms with Gasteiger partial charge < -0.3 is 15.5 Å². The second-order valence-corrected chi connectivity index (χ2v) is 5.98. The average molecular weight is 318 g/mol. The standard InChI is InChI=1S/C15H18N4O4/c1-18-7-6-12(15(18)21)17-11-5-2-9(8-13(11)19(22)23)14(20)16-10-3-4-10/h2,5,8,10,12,17H,3-4,6-7H2,1H3,(H,16,20). The molecule has 2 fully saturated rings. The van der Waals surface area contributed by atoms with E-state index in [0.29, 0.717) is 13.0 Å². The van der Waals surface area contributed by atoms with Crippen LogP contribution in [0.5, 0.6) is 0 Å². The number of carbonyl (C=O) groups excluding carboxylic acids is 2. The minimum absolute atomic E-state index is 0.0881. The van der Waals surface area contributed by atoms with Crippen molar-refractivity contribution < 1.29 is 14.5 Å². The van der Waals surface area contributed by atoms with Gasteiger partial charge in [0.15, 0.2) is 0 Å². The summed E-state index contributed by atoms with van der Waals surface area (Å²) in [5.74, 6) is -0.395. The highest BCUT2D eigenvalue weighted by molar-refractivity contribution is 5.96. The molecule has 0 radical (unpaired) electrons. The molecule has 1 aliphatic carbocycles. The van der Waals surface area contributed by atoms with Crippen molar-refractivity contribution >= 4 is 23.2 Å². The van der Waals surface area contributed by atoms with E-state index in [2.05, 4.69) is 10.6 Å². The second-order valence-electron chi connectivity index (χ2n) is 5.98. The van der Waals surface area contributed by atoms with E-state index in [4.69, 9.17) is 0 Å². The Morgan fingerprint density at radius 1 is 1.35 bits per heavy atom. The first-order chi connectivity index (χ1) is 11.0. The average Bonchev–Trinajstić information content (AvgIpc) is 3.28. The Labute approximate surface area is 133 Å². The molecule has 3 rings (SSSR count). The number of hydrogen-bond donors (Lipinski definition) is 2. The van der Waals surface area contributed by atoms with Crippen molar-refractivity contribution in [3.05, 3.63) is 33.9 Å². The summed E-state index contributed by atoms with van der Waals surface area (Å²) < 4.78 is 0. The lowest BCUT2D eigenvalue weighted by Crippen LogP contribution is -2.31. The Morgan fingerprint density at radius 3 is 2.65 bits per heavy atom. The van der Waals surface area contributed by atoms with Gasteiger partial charge in [-0.15, -0.1) is 0 Å². The monoisotopic (exact) mass is 318 g/mol. The molecule has 1 heterocycles. The summed E-state index contributed by atoms with van der Waals surface area (Å²) in [6.07, 6.45) is 2.49. The van der Waals surface area contributed by atoms with Crippen LogP contribution in [0.15, 0.2) is 18.2 Å². The fourth-order valence-corrected chi connectivity index (χ4v) is 2.59. The molecule has 2 amide bonds. The van der Waals surface area contributed by atoms with E-state index in [1.54, 1.807) is 11.9 Å². The number of nitrogens with one attached hydrogen (secondary N) is 2. The summed E-state index contributed by atoms with van der Waals surface area (Å²) in [6.45, 7) is 0.617. The number of nitro groups is 1. The molecule has 1 unspecified atom stereocenters. The van der Waals surface area contributed by atoms with Crippen LogP contribution in [0.2, 0.25) is 0 Å². The number of rotatable bonds is 5. The highest BCUT2D eigenvalue weighted by Crippen LogP contribution is 2.28. The SMILES string of the molecule is CN1CCC(Nc2ccc(C(=O)NC3CC3)cc2[N+](=O)[O-])C1=O. The molecule has 0 aromatic heterocycles. The third kappa shape index (κ3) is 3.25. The molecule has 2 N–H and O–H groups in total. The molecule has 0 bridgehead atoms. The molecule has 1 aromatic carbocycles. The zero-order valence-electron chi connectivity index (χ0n) is 12.7. The maximum atomic E-state index is 12.0. The zero-order chi connectivity index (χ0) is 16.6. The number of likely N-dealkylation sites (N-methyl/N-ethyl adjacent to an activating group) is 1. The molecular formula is C15H18N4O4. The molecule has 122 valence electrons. The van der Waals surface area contributed by atoms with Gasteiger partial charge in [-0.2, -0.15) is 0 Å². The fraction of sp³-hybridized carbons (Fsp3) is 0.467. The lowest BCUT2D eigenvalue weighted by Gasteiger charge is -2.14. The molecule has 1 atom stereocenters. The van der Waals surface area contributed by atoms with Crippen LogP contribution in [0.1, 0.15) is 29.6 Å². The van der Waals surface area contributed by atoms with Crippen molar-refractivity contribution in [2.45, 2.75) is 31.3 Å². The minimum Gasteiger partial charge on any atom is -0.368 e. The van der Waals surface area contributed by atoms with Crippen LogP contribution in [0.25, 0.3) is 0 Å². The van der Waals surface area contributed by atoms with Crippen molar-refractivity contribution in [2.75, 3.05) is 18.9 Å². The molecular weight excluding hydrogens is 300 g/mol. The highest BCUT2D eigenvalue weighted by Gasteiger charge is 2.31. The van der Waals surface area contributed by atoms with Gasteiger partial charge in [-0.1, -0.05) is 0 Å². The van der Waals surface area contributed by atoms with Gasteiger partial charge in [0.2, 0.25) is 5.91 Å². The van der Waals surface area contributed by atoms with Crippen LogP contribution in [-0.2, 0) is 4.79 Å². The van der Waals surface area contributed by atoms with Crippen molar-refractivity contribution in [3.63, 3.8) is 0 Å². The summed E-state index contributed by atoms with van der Waals surface area (Å²) >= 11 is 0. The van der Waals surface area contributed by atoms with E-state index in [-0.39, 0.29) is 34.8 Å². The highest BCUT2D eigenvalue weighted by atomic mass is 16.6. The Bertz CT molecular complexity index is 671. The van der Waals surface area contributed by atoms with Crippen LogP contribution in [0.4, 0.5) is 11.4 Å². The van der Waals surface area contributed by atoms with E-state index in [1.165, 1.54) is 18.2 Å². The number of amides is 2. The van der Waals surface area contributed by atoms with Gasteiger partial charge in [0.25, 0.3) is 11.6 Å². The topological polar surface area (TPSA) is 105 Å². The number of nitrogens with zero attached hydrogens (tertiary/aromatic N) is 2. The van der Waals surface area contributed by atoms with Crippen molar-refractivity contribution in [1.82, 2.24) is 10.2 Å². The van der Waals surface area contributed by atoms with E-state index in [1.807, 2.05) is 0 Å². The lowest BCUT2D eigenvalue weighted by atomic mass is 10.1. The molecule has 8 nitrogen and oxygen atoms in total. The number of nitro benzene ring substituents is 1. The first-order valence-corrected chi connectivity index (χ1v) is 7.56. The molecule has 1 saturated carbocycles. The van der Waals surface area contributed by atoms with Crippen LogP contribution >= 0.6 is 0 Å². The van der Waals surface area contributed by atoms with Crippen molar-refractivity contribution in [1.29, 1.82) is 0 Å². The summed E-state index contributed by atoms with van der Waals surface area (Å²) in [4.78, 5) is 36.3. The molecule has 1 saturated heterocycles. The van der Waals surface area contributed by atoms with Crippen LogP contribution in [0, 0.1) is 10.1 Å².